The zero-order valence-corrected chi connectivity index (χ0v) is 15.8. The number of H-pyrrole nitrogens is 1. The Morgan fingerprint density at radius 2 is 1.81 bits per heavy atom. The van der Waals surface area contributed by atoms with Crippen molar-refractivity contribution in [2.45, 2.75) is 6.54 Å². The van der Waals surface area contributed by atoms with E-state index in [4.69, 9.17) is 16.3 Å². The number of rotatable bonds is 5. The summed E-state index contributed by atoms with van der Waals surface area (Å²) < 4.78 is 5.79. The highest BCUT2D eigenvalue weighted by atomic mass is 35.5. The number of ether oxygens (including phenoxy) is 1. The fraction of sp³-hybridized carbons (Fsp3) is 0.286. The molecule has 5 nitrogen and oxygen atoms in total. The molecule has 1 aliphatic rings. The molecule has 1 aliphatic heterocycles. The summed E-state index contributed by atoms with van der Waals surface area (Å²) in [5.74, 6) is 0.775. The fourth-order valence-corrected chi connectivity index (χ4v) is 3.54. The van der Waals surface area contributed by atoms with Gasteiger partial charge in [0.25, 0.3) is 5.91 Å². The molecule has 2 heterocycles. The zero-order valence-electron chi connectivity index (χ0n) is 15.0. The first-order valence-electron chi connectivity index (χ1n) is 9.12. The lowest BCUT2D eigenvalue weighted by atomic mass is 10.2. The Bertz CT molecular complexity index is 915. The lowest BCUT2D eigenvalue weighted by Gasteiger charge is -2.34. The van der Waals surface area contributed by atoms with Gasteiger partial charge in [-0.1, -0.05) is 29.8 Å². The first-order chi connectivity index (χ1) is 13.2. The van der Waals surface area contributed by atoms with Crippen LogP contribution in [0.4, 0.5) is 0 Å². The monoisotopic (exact) mass is 383 g/mol. The molecule has 1 aromatic heterocycles. The van der Waals surface area contributed by atoms with Crippen molar-refractivity contribution in [3.05, 3.63) is 65.3 Å². The maximum atomic E-state index is 12.5. The molecule has 0 atom stereocenters. The molecule has 6 heteroatoms. The Morgan fingerprint density at radius 1 is 1.04 bits per heavy atom. The van der Waals surface area contributed by atoms with Gasteiger partial charge < -0.3 is 14.6 Å². The number of aromatic amines is 1. The topological polar surface area (TPSA) is 48.6 Å². The van der Waals surface area contributed by atoms with E-state index in [0.717, 1.165) is 54.4 Å². The van der Waals surface area contributed by atoms with Crippen LogP contribution in [-0.2, 0) is 11.3 Å². The van der Waals surface area contributed by atoms with Crippen LogP contribution in [0.2, 0.25) is 5.02 Å². The number of hydrogen-bond donors (Lipinski definition) is 1. The second-order valence-corrected chi connectivity index (χ2v) is 7.20. The molecular formula is C21H22ClN3O2. The quantitative estimate of drug-likeness (QED) is 0.733. The zero-order chi connectivity index (χ0) is 18.6. The van der Waals surface area contributed by atoms with E-state index < -0.39 is 0 Å². The first-order valence-corrected chi connectivity index (χ1v) is 9.50. The molecule has 0 unspecified atom stereocenters. The van der Waals surface area contributed by atoms with E-state index in [2.05, 4.69) is 22.0 Å². The second kappa shape index (κ2) is 8.03. The van der Waals surface area contributed by atoms with Crippen LogP contribution in [-0.4, -0.2) is 53.5 Å². The summed E-state index contributed by atoms with van der Waals surface area (Å²) in [6.45, 7) is 4.13. The SMILES string of the molecule is O=C(COc1cccc2[nH]ccc12)N1CCN(Cc2ccc(Cl)cc2)CC1. The molecule has 1 N–H and O–H groups in total. The summed E-state index contributed by atoms with van der Waals surface area (Å²) in [5, 5.41) is 1.75. The maximum absolute atomic E-state index is 12.5. The summed E-state index contributed by atoms with van der Waals surface area (Å²) in [6, 6.07) is 15.7. The predicted molar refractivity (Wildman–Crippen MR) is 107 cm³/mol. The van der Waals surface area contributed by atoms with E-state index in [0.29, 0.717) is 0 Å². The Kier molecular flexibility index (Phi) is 5.32. The highest BCUT2D eigenvalue weighted by Crippen LogP contribution is 2.24. The van der Waals surface area contributed by atoms with Gasteiger partial charge in [0, 0.05) is 54.8 Å². The number of hydrogen-bond acceptors (Lipinski definition) is 3. The lowest BCUT2D eigenvalue weighted by Crippen LogP contribution is -2.49. The fourth-order valence-electron chi connectivity index (χ4n) is 3.42. The molecule has 27 heavy (non-hydrogen) atoms. The molecule has 4 rings (SSSR count). The van der Waals surface area contributed by atoms with Crippen LogP contribution in [0.5, 0.6) is 5.75 Å². The molecule has 1 fully saturated rings. The summed E-state index contributed by atoms with van der Waals surface area (Å²) in [7, 11) is 0. The summed E-state index contributed by atoms with van der Waals surface area (Å²) >= 11 is 5.94. The minimum Gasteiger partial charge on any atom is -0.483 e. The number of halogens is 1. The van der Waals surface area contributed by atoms with Crippen molar-refractivity contribution in [3.8, 4) is 5.75 Å². The van der Waals surface area contributed by atoms with Gasteiger partial charge in [0.15, 0.2) is 6.61 Å². The van der Waals surface area contributed by atoms with Crippen LogP contribution in [0.1, 0.15) is 5.56 Å². The van der Waals surface area contributed by atoms with Crippen LogP contribution in [0.3, 0.4) is 0 Å². The maximum Gasteiger partial charge on any atom is 0.260 e. The van der Waals surface area contributed by atoms with E-state index in [1.807, 2.05) is 47.5 Å². The van der Waals surface area contributed by atoms with Gasteiger partial charge in [-0.15, -0.1) is 0 Å². The molecule has 3 aromatic rings. The second-order valence-electron chi connectivity index (χ2n) is 6.77. The van der Waals surface area contributed by atoms with E-state index in [-0.39, 0.29) is 12.5 Å². The number of nitrogens with zero attached hydrogens (tertiary/aromatic N) is 2. The minimum absolute atomic E-state index is 0.0358. The van der Waals surface area contributed by atoms with Crippen molar-refractivity contribution < 1.29 is 9.53 Å². The van der Waals surface area contributed by atoms with Crippen molar-refractivity contribution in [1.82, 2.24) is 14.8 Å². The number of piperazine rings is 1. The third-order valence-electron chi connectivity index (χ3n) is 4.95. The molecule has 0 aliphatic carbocycles. The van der Waals surface area contributed by atoms with Gasteiger partial charge in [0.2, 0.25) is 0 Å². The van der Waals surface area contributed by atoms with Gasteiger partial charge in [-0.2, -0.15) is 0 Å². The highest BCUT2D eigenvalue weighted by molar-refractivity contribution is 6.30. The average Bonchev–Trinajstić information content (AvgIpc) is 3.18. The molecule has 0 spiro atoms. The third kappa shape index (κ3) is 4.26. The Labute approximate surface area is 163 Å². The minimum atomic E-state index is 0.0358. The number of carbonyl (C=O) groups excluding carboxylic acids is 1. The molecule has 1 saturated heterocycles. The van der Waals surface area contributed by atoms with E-state index in [1.54, 1.807) is 0 Å². The van der Waals surface area contributed by atoms with Crippen molar-refractivity contribution in [3.63, 3.8) is 0 Å². The van der Waals surface area contributed by atoms with E-state index in [1.165, 1.54) is 5.56 Å². The van der Waals surface area contributed by atoms with Crippen LogP contribution in [0.25, 0.3) is 10.9 Å². The van der Waals surface area contributed by atoms with E-state index in [9.17, 15) is 4.79 Å². The van der Waals surface area contributed by atoms with Crippen LogP contribution in [0, 0.1) is 0 Å². The van der Waals surface area contributed by atoms with Gasteiger partial charge in [-0.05, 0) is 35.9 Å². The van der Waals surface area contributed by atoms with Crippen LogP contribution < -0.4 is 4.74 Å². The van der Waals surface area contributed by atoms with Crippen molar-refractivity contribution >= 4 is 28.4 Å². The summed E-state index contributed by atoms with van der Waals surface area (Å²) in [6.07, 6.45) is 1.87. The van der Waals surface area contributed by atoms with E-state index >= 15 is 0 Å². The van der Waals surface area contributed by atoms with Gasteiger partial charge >= 0.3 is 0 Å². The highest BCUT2D eigenvalue weighted by Gasteiger charge is 2.21. The molecule has 0 saturated carbocycles. The largest absolute Gasteiger partial charge is 0.483 e. The standard InChI is InChI=1S/C21H22ClN3O2/c22-17-6-4-16(5-7-17)14-24-10-12-25(13-11-24)21(26)15-27-20-3-1-2-19-18(20)8-9-23-19/h1-9,23H,10-15H2. The van der Waals surface area contributed by atoms with Gasteiger partial charge in [-0.3, -0.25) is 9.69 Å². The number of fused-ring (bicyclic) bond motifs is 1. The number of benzene rings is 2. The molecule has 0 radical (unpaired) electrons. The predicted octanol–water partition coefficient (Wildman–Crippen LogP) is 3.54. The Balaban J connectivity index is 1.27. The van der Waals surface area contributed by atoms with Crippen molar-refractivity contribution in [1.29, 1.82) is 0 Å². The number of aromatic nitrogens is 1. The molecule has 2 aromatic carbocycles. The van der Waals surface area contributed by atoms with Gasteiger partial charge in [-0.25, -0.2) is 0 Å². The normalized spacial score (nSPS) is 15.2. The Hall–Kier alpha value is -2.50. The summed E-state index contributed by atoms with van der Waals surface area (Å²) in [5.41, 5.74) is 2.25. The first kappa shape index (κ1) is 17.9. The van der Waals surface area contributed by atoms with Gasteiger partial charge in [0.05, 0.1) is 0 Å². The molecule has 0 bridgehead atoms. The lowest BCUT2D eigenvalue weighted by molar-refractivity contribution is -0.135. The molecule has 1 amide bonds. The number of amides is 1. The smallest absolute Gasteiger partial charge is 0.260 e. The molecular weight excluding hydrogens is 362 g/mol. The van der Waals surface area contributed by atoms with Gasteiger partial charge in [0.1, 0.15) is 5.75 Å². The van der Waals surface area contributed by atoms with Crippen molar-refractivity contribution in [2.24, 2.45) is 0 Å². The summed E-state index contributed by atoms with van der Waals surface area (Å²) in [4.78, 5) is 19.9. The number of nitrogens with one attached hydrogen (secondary N) is 1. The number of carbonyl (C=O) groups is 1. The van der Waals surface area contributed by atoms with Crippen molar-refractivity contribution in [2.75, 3.05) is 32.8 Å². The molecule has 140 valence electrons. The van der Waals surface area contributed by atoms with Crippen LogP contribution in [0.15, 0.2) is 54.7 Å². The Morgan fingerprint density at radius 3 is 2.59 bits per heavy atom. The average molecular weight is 384 g/mol. The third-order valence-corrected chi connectivity index (χ3v) is 5.20. The van der Waals surface area contributed by atoms with Crippen LogP contribution >= 0.6 is 11.6 Å².